The van der Waals surface area contributed by atoms with E-state index in [1.165, 1.54) is 23.5 Å². The summed E-state index contributed by atoms with van der Waals surface area (Å²) in [4.78, 5) is 48.3. The number of morpholine rings is 1. The third-order valence-corrected chi connectivity index (χ3v) is 8.58. The number of hydrogen-bond donors (Lipinski definition) is 0. The molecule has 5 rings (SSSR count). The molecule has 1 atom stereocenters. The largest absolute Gasteiger partial charge is 0.496 e. The van der Waals surface area contributed by atoms with Gasteiger partial charge < -0.3 is 19.3 Å². The first-order chi connectivity index (χ1) is 20.3. The molecule has 2 aliphatic heterocycles. The second kappa shape index (κ2) is 12.3. The molecule has 0 N–H and O–H groups in total. The Morgan fingerprint density at radius 2 is 1.93 bits per heavy atom. The molecule has 0 unspecified atom stereocenters. The number of nitrogens with zero attached hydrogens (tertiary/aromatic N) is 5. The highest BCUT2D eigenvalue weighted by Crippen LogP contribution is 2.36. The summed E-state index contributed by atoms with van der Waals surface area (Å²) in [6.45, 7) is 8.96. The maximum absolute atomic E-state index is 14.2. The van der Waals surface area contributed by atoms with Gasteiger partial charge in [-0.2, -0.15) is 0 Å². The first-order valence-corrected chi connectivity index (χ1v) is 14.7. The Morgan fingerprint density at radius 3 is 2.60 bits per heavy atom. The molecule has 11 nitrogen and oxygen atoms in total. The molecule has 0 aliphatic carbocycles. The number of hydrogen-bond acceptors (Lipinski definition) is 9. The van der Waals surface area contributed by atoms with Crippen LogP contribution in [-0.2, 0) is 9.53 Å². The zero-order chi connectivity index (χ0) is 30.0. The van der Waals surface area contributed by atoms with Gasteiger partial charge in [-0.1, -0.05) is 29.5 Å². The summed E-state index contributed by atoms with van der Waals surface area (Å²) in [5.41, 5.74) is 2.53. The maximum Gasteiger partial charge on any atom is 0.271 e. The summed E-state index contributed by atoms with van der Waals surface area (Å²) < 4.78 is 13.1. The van der Waals surface area contributed by atoms with Crippen molar-refractivity contribution in [3.8, 4) is 5.75 Å². The highest BCUT2D eigenvalue weighted by molar-refractivity contribution is 7.07. The van der Waals surface area contributed by atoms with Gasteiger partial charge in [-0.15, -0.1) is 0 Å². The number of carbonyl (C=O) groups excluding carboxylic acids is 1. The Kier molecular flexibility index (Phi) is 8.55. The number of anilines is 1. The molecular weight excluding hydrogens is 558 g/mol. The number of allylic oxidation sites excluding steroid dienone is 1. The van der Waals surface area contributed by atoms with Crippen LogP contribution >= 0.6 is 11.3 Å². The number of benzene rings is 2. The van der Waals surface area contributed by atoms with E-state index in [1.54, 1.807) is 41.7 Å². The fraction of sp³-hybridized carbons (Fsp3) is 0.367. The molecule has 1 saturated heterocycles. The van der Waals surface area contributed by atoms with Crippen molar-refractivity contribution in [3.05, 3.63) is 94.7 Å². The number of likely N-dealkylation sites (N-methyl/N-ethyl adjacent to an activating group) is 1. The van der Waals surface area contributed by atoms with Crippen LogP contribution in [0.1, 0.15) is 37.9 Å². The number of thiazole rings is 1. The number of para-hydroxylation sites is 1. The lowest BCUT2D eigenvalue weighted by Gasteiger charge is -2.30. The smallest absolute Gasteiger partial charge is 0.271 e. The summed E-state index contributed by atoms with van der Waals surface area (Å²) in [7, 11) is 1.56. The monoisotopic (exact) mass is 591 g/mol. The topological polar surface area (TPSA) is 120 Å². The third kappa shape index (κ3) is 5.35. The van der Waals surface area contributed by atoms with E-state index in [4.69, 9.17) is 14.5 Å². The second-order valence-electron chi connectivity index (χ2n) is 9.90. The highest BCUT2D eigenvalue weighted by Gasteiger charge is 2.35. The number of carbonyl (C=O) groups is 1. The molecule has 12 heteroatoms. The Hall–Kier alpha value is -4.29. The van der Waals surface area contributed by atoms with Crippen molar-refractivity contribution in [2.45, 2.75) is 26.8 Å². The number of aromatic nitrogens is 1. The van der Waals surface area contributed by atoms with Gasteiger partial charge in [0.1, 0.15) is 11.8 Å². The Morgan fingerprint density at radius 1 is 1.21 bits per heavy atom. The average molecular weight is 592 g/mol. The minimum absolute atomic E-state index is 0.0686. The minimum Gasteiger partial charge on any atom is -0.496 e. The lowest BCUT2D eigenvalue weighted by Crippen LogP contribution is -2.43. The molecular formula is C30H33N5O6S. The number of non-ortho nitro benzene ring substituents is 1. The van der Waals surface area contributed by atoms with Crippen LogP contribution < -0.4 is 24.5 Å². The molecule has 220 valence electrons. The minimum atomic E-state index is -0.767. The normalized spacial score (nSPS) is 17.1. The Labute approximate surface area is 246 Å². The van der Waals surface area contributed by atoms with Gasteiger partial charge in [-0.05, 0) is 39.0 Å². The van der Waals surface area contributed by atoms with Gasteiger partial charge in [0.25, 0.3) is 17.2 Å². The molecule has 2 aromatic carbocycles. The Bertz CT molecular complexity index is 1730. The summed E-state index contributed by atoms with van der Waals surface area (Å²) in [6.07, 6.45) is 1.69. The van der Waals surface area contributed by atoms with Crippen LogP contribution in [0.25, 0.3) is 6.08 Å². The average Bonchev–Trinajstić information content (AvgIpc) is 3.31. The first kappa shape index (κ1) is 29.2. The highest BCUT2D eigenvalue weighted by atomic mass is 32.1. The zero-order valence-corrected chi connectivity index (χ0v) is 24.8. The number of nitro benzene ring substituents is 1. The molecule has 42 heavy (non-hydrogen) atoms. The van der Waals surface area contributed by atoms with Crippen molar-refractivity contribution in [1.82, 2.24) is 9.47 Å². The summed E-state index contributed by atoms with van der Waals surface area (Å²) >= 11 is 1.19. The van der Waals surface area contributed by atoms with Crippen molar-refractivity contribution >= 4 is 34.7 Å². The van der Waals surface area contributed by atoms with Crippen molar-refractivity contribution < 1.29 is 19.2 Å². The lowest BCUT2D eigenvalue weighted by molar-refractivity contribution is -0.384. The predicted octanol–water partition coefficient (Wildman–Crippen LogP) is 2.86. The molecule has 0 spiro atoms. The van der Waals surface area contributed by atoms with Crippen molar-refractivity contribution in [1.29, 1.82) is 0 Å². The number of fused-ring (bicyclic) bond motifs is 1. The zero-order valence-electron chi connectivity index (χ0n) is 24.0. The lowest BCUT2D eigenvalue weighted by atomic mass is 9.94. The quantitative estimate of drug-likeness (QED) is 0.292. The maximum atomic E-state index is 14.2. The fourth-order valence-corrected chi connectivity index (χ4v) is 6.50. The summed E-state index contributed by atoms with van der Waals surface area (Å²) in [5.74, 6) is 0.352. The molecule has 1 fully saturated rings. The second-order valence-corrected chi connectivity index (χ2v) is 10.9. The van der Waals surface area contributed by atoms with E-state index in [1.807, 2.05) is 32.0 Å². The van der Waals surface area contributed by atoms with E-state index in [9.17, 15) is 19.7 Å². The van der Waals surface area contributed by atoms with Crippen LogP contribution in [0, 0.1) is 10.1 Å². The van der Waals surface area contributed by atoms with Gasteiger partial charge in [-0.25, -0.2) is 4.99 Å². The van der Waals surface area contributed by atoms with Crippen LogP contribution in [0.15, 0.2) is 63.5 Å². The molecule has 3 heterocycles. The molecule has 3 aromatic rings. The van der Waals surface area contributed by atoms with Crippen LogP contribution in [0.2, 0.25) is 0 Å². The summed E-state index contributed by atoms with van der Waals surface area (Å²) in [5, 5.41) is 11.6. The first-order valence-electron chi connectivity index (χ1n) is 13.8. The van der Waals surface area contributed by atoms with Crippen LogP contribution in [-0.4, -0.2) is 66.8 Å². The van der Waals surface area contributed by atoms with E-state index in [-0.39, 0.29) is 17.2 Å². The number of ether oxygens (including phenoxy) is 2. The van der Waals surface area contributed by atoms with Gasteiger partial charge in [0.05, 0.1) is 41.0 Å². The van der Waals surface area contributed by atoms with Crippen LogP contribution in [0.3, 0.4) is 0 Å². The van der Waals surface area contributed by atoms with Crippen molar-refractivity contribution in [2.75, 3.05) is 51.4 Å². The molecule has 0 saturated carbocycles. The van der Waals surface area contributed by atoms with Crippen LogP contribution in [0.4, 0.5) is 11.4 Å². The molecule has 1 aromatic heterocycles. The summed E-state index contributed by atoms with van der Waals surface area (Å²) in [6, 6.07) is 11.3. The predicted molar refractivity (Wildman–Crippen MR) is 161 cm³/mol. The van der Waals surface area contributed by atoms with E-state index in [0.29, 0.717) is 76.9 Å². The molecule has 0 bridgehead atoms. The van der Waals surface area contributed by atoms with Gasteiger partial charge in [0.15, 0.2) is 4.80 Å². The van der Waals surface area contributed by atoms with Crippen molar-refractivity contribution in [2.24, 2.45) is 4.99 Å². The SMILES string of the molecule is CCN(CC)C(=O)C1=C(C)N=c2s/c(=C/c3cc([N+](=O)[O-])ccc3N3CCOCC3)c(=O)n2[C@@H]1c1ccccc1OC. The standard InChI is InChI=1S/C30H33N5O6S/c1-5-32(6-2)29(37)26-19(3)31-30-34(27(26)22-9-7-8-10-24(22)40-4)28(36)25(42-30)18-20-17-21(35(38)39)11-12-23(20)33-13-15-41-16-14-33/h7-12,17-18,27H,5-6,13-16H2,1-4H3/b25-18+/t27-/m1/s1. The molecule has 2 aliphatic rings. The van der Waals surface area contributed by atoms with Gasteiger partial charge in [0, 0.05) is 55.1 Å². The fourth-order valence-electron chi connectivity index (χ4n) is 5.47. The van der Waals surface area contributed by atoms with Gasteiger partial charge in [0.2, 0.25) is 0 Å². The molecule has 1 amide bonds. The van der Waals surface area contributed by atoms with E-state index in [2.05, 4.69) is 4.90 Å². The van der Waals surface area contributed by atoms with E-state index < -0.39 is 11.0 Å². The van der Waals surface area contributed by atoms with E-state index in [0.717, 1.165) is 5.69 Å². The van der Waals surface area contributed by atoms with Gasteiger partial charge >= 0.3 is 0 Å². The van der Waals surface area contributed by atoms with Crippen molar-refractivity contribution in [3.63, 3.8) is 0 Å². The van der Waals surface area contributed by atoms with Crippen LogP contribution in [0.5, 0.6) is 5.75 Å². The number of nitro groups is 1. The molecule has 0 radical (unpaired) electrons. The van der Waals surface area contributed by atoms with Gasteiger partial charge in [-0.3, -0.25) is 24.3 Å². The number of amides is 1. The number of rotatable bonds is 8. The van der Waals surface area contributed by atoms with E-state index >= 15 is 0 Å². The Balaban J connectivity index is 1.75. The number of methoxy groups -OCH3 is 1. The third-order valence-electron chi connectivity index (χ3n) is 7.60.